The van der Waals surface area contributed by atoms with Gasteiger partial charge in [-0.25, -0.2) is 4.79 Å². The molecule has 3 aliphatic rings. The lowest BCUT2D eigenvalue weighted by Gasteiger charge is -2.59. The van der Waals surface area contributed by atoms with E-state index in [9.17, 15) is 15.0 Å². The third-order valence-corrected chi connectivity index (χ3v) is 12.2. The Morgan fingerprint density at radius 2 is 1.78 bits per heavy atom. The molecule has 2 heterocycles. The summed E-state index contributed by atoms with van der Waals surface area (Å²) < 4.78 is 26.4. The zero-order valence-electron chi connectivity index (χ0n) is 34.4. The molecular weight excluding hydrogens is 747 g/mol. The monoisotopic (exact) mass is 803 g/mol. The van der Waals surface area contributed by atoms with Gasteiger partial charge in [0.25, 0.3) is 0 Å². The molecule has 1 amide bonds. The van der Waals surface area contributed by atoms with E-state index >= 15 is 0 Å². The number of allylic oxidation sites excluding steroid dienone is 1. The van der Waals surface area contributed by atoms with Crippen LogP contribution in [0, 0.1) is 24.7 Å². The van der Waals surface area contributed by atoms with Gasteiger partial charge in [0.2, 0.25) is 5.79 Å². The molecule has 2 N–H and O–H groups in total. The lowest BCUT2D eigenvalue weighted by Crippen LogP contribution is -2.70. The van der Waals surface area contributed by atoms with Crippen LogP contribution in [0.5, 0.6) is 11.5 Å². The summed E-state index contributed by atoms with van der Waals surface area (Å²) in [5.74, 6) is -0.556. The number of hydrogen-bond acceptors (Lipinski definition) is 10. The van der Waals surface area contributed by atoms with E-state index in [0.717, 1.165) is 64.5 Å². The van der Waals surface area contributed by atoms with E-state index < -0.39 is 23.8 Å². The number of oxime groups is 1. The fourth-order valence-corrected chi connectivity index (χ4v) is 9.72. The number of rotatable bonds is 18. The van der Waals surface area contributed by atoms with E-state index in [1.807, 2.05) is 61.5 Å². The summed E-state index contributed by atoms with van der Waals surface area (Å²) in [5.41, 5.74) is 5.34. The van der Waals surface area contributed by atoms with Gasteiger partial charge in [-0.05, 0) is 96.7 Å². The topological polar surface area (TPSA) is 132 Å². The summed E-state index contributed by atoms with van der Waals surface area (Å²) in [6, 6.07) is 25.4. The highest BCUT2D eigenvalue weighted by Gasteiger charge is 2.65. The summed E-state index contributed by atoms with van der Waals surface area (Å²) in [4.78, 5) is 26.3. The van der Waals surface area contributed by atoms with E-state index in [0.29, 0.717) is 36.7 Å². The Balaban J connectivity index is 1.42. The van der Waals surface area contributed by atoms with Crippen molar-refractivity contribution in [2.45, 2.75) is 82.8 Å². The Bertz CT molecular complexity index is 2150. The zero-order chi connectivity index (χ0) is 41.4. The number of pyridine rings is 1. The number of aromatic nitrogens is 1. The van der Waals surface area contributed by atoms with Crippen LogP contribution in [-0.4, -0.2) is 77.8 Å². The van der Waals surface area contributed by atoms with Gasteiger partial charge < -0.3 is 34.0 Å². The standard InChI is InChI=1S/C48H57N3O8/c1-5-26-58-48-44(51(47(54)55-3)30-35-18-13-17-33-15-6-7-20-38(33)35)29-42(50-56-4)40-27-34(16-8-10-24-52)39(21-9-11-25-53)45(46(40)48)41-28-37(22-23-43(41)59-48)57-31-36-19-12-14-32(2)49-36/h5-7,12-15,17-20,22-23,27-28,34,39,44-46,52-53H,1,8-11,16,21,24-26,29-31H2,2-4H3/t34-,39+,44-,45+,46+,48+/m0/s1. The first-order chi connectivity index (χ1) is 28.8. The molecule has 312 valence electrons. The summed E-state index contributed by atoms with van der Waals surface area (Å²) in [7, 11) is 2.94. The van der Waals surface area contributed by atoms with E-state index in [-0.39, 0.29) is 50.5 Å². The number of amides is 1. The van der Waals surface area contributed by atoms with Crippen molar-refractivity contribution in [3.63, 3.8) is 0 Å². The molecule has 3 aromatic carbocycles. The van der Waals surface area contributed by atoms with Crippen LogP contribution in [0.15, 0.2) is 108 Å². The molecule has 11 heteroatoms. The average molecular weight is 804 g/mol. The molecule has 4 aromatic rings. The van der Waals surface area contributed by atoms with Crippen molar-refractivity contribution in [1.29, 1.82) is 0 Å². The van der Waals surface area contributed by atoms with Gasteiger partial charge in [0, 0.05) is 36.8 Å². The van der Waals surface area contributed by atoms with Gasteiger partial charge in [-0.1, -0.05) is 78.7 Å². The number of ether oxygens (including phenoxy) is 4. The van der Waals surface area contributed by atoms with E-state index in [4.69, 9.17) is 28.9 Å². The molecule has 0 radical (unpaired) electrons. The predicted molar refractivity (Wildman–Crippen MR) is 227 cm³/mol. The normalized spacial score (nSPS) is 23.7. The van der Waals surface area contributed by atoms with Crippen molar-refractivity contribution in [3.8, 4) is 11.5 Å². The molecule has 0 spiro atoms. The number of nitrogens with zero attached hydrogens (tertiary/aromatic N) is 3. The Morgan fingerprint density at radius 1 is 1.00 bits per heavy atom. The quantitative estimate of drug-likeness (QED) is 0.0577. The molecule has 6 atom stereocenters. The van der Waals surface area contributed by atoms with Crippen LogP contribution in [-0.2, 0) is 27.5 Å². The Labute approximate surface area is 347 Å². The van der Waals surface area contributed by atoms with Crippen molar-refractivity contribution in [2.75, 3.05) is 34.0 Å². The second-order valence-corrected chi connectivity index (χ2v) is 15.8. The highest BCUT2D eigenvalue weighted by molar-refractivity contribution is 6.03. The van der Waals surface area contributed by atoms with E-state index in [1.165, 1.54) is 7.11 Å². The first-order valence-corrected chi connectivity index (χ1v) is 20.8. The number of aliphatic hydroxyl groups is 2. The zero-order valence-corrected chi connectivity index (χ0v) is 34.4. The minimum absolute atomic E-state index is 0.0734. The van der Waals surface area contributed by atoms with Gasteiger partial charge in [0.15, 0.2) is 0 Å². The van der Waals surface area contributed by atoms with Crippen LogP contribution in [0.4, 0.5) is 4.79 Å². The van der Waals surface area contributed by atoms with Gasteiger partial charge in [-0.15, -0.1) is 6.58 Å². The van der Waals surface area contributed by atoms with Gasteiger partial charge in [0.1, 0.15) is 31.3 Å². The molecule has 1 aliphatic heterocycles. The number of aliphatic hydroxyl groups excluding tert-OH is 2. The van der Waals surface area contributed by atoms with Crippen LogP contribution in [0.2, 0.25) is 0 Å². The van der Waals surface area contributed by atoms with Crippen LogP contribution in [0.25, 0.3) is 10.8 Å². The summed E-state index contributed by atoms with van der Waals surface area (Å²) in [5, 5.41) is 26.6. The second kappa shape index (κ2) is 19.2. The summed E-state index contributed by atoms with van der Waals surface area (Å²) in [6.07, 6.45) is 8.47. The van der Waals surface area contributed by atoms with E-state index in [1.54, 1.807) is 18.1 Å². The van der Waals surface area contributed by atoms with Crippen molar-refractivity contribution in [1.82, 2.24) is 9.88 Å². The molecule has 1 saturated carbocycles. The first-order valence-electron chi connectivity index (χ1n) is 20.8. The maximum atomic E-state index is 14.3. The maximum absolute atomic E-state index is 14.3. The van der Waals surface area contributed by atoms with Crippen molar-refractivity contribution in [2.24, 2.45) is 22.9 Å². The number of methoxy groups -OCH3 is 1. The molecule has 7 rings (SSSR count). The first kappa shape index (κ1) is 41.9. The van der Waals surface area contributed by atoms with Crippen molar-refractivity contribution >= 4 is 22.6 Å². The Morgan fingerprint density at radius 3 is 2.54 bits per heavy atom. The lowest BCUT2D eigenvalue weighted by atomic mass is 9.55. The Hall–Kier alpha value is -5.23. The molecule has 59 heavy (non-hydrogen) atoms. The highest BCUT2D eigenvalue weighted by atomic mass is 16.7. The number of benzene rings is 3. The molecule has 0 bridgehead atoms. The minimum atomic E-state index is -1.41. The summed E-state index contributed by atoms with van der Waals surface area (Å²) >= 11 is 0. The van der Waals surface area contributed by atoms with Crippen LogP contribution >= 0.6 is 0 Å². The van der Waals surface area contributed by atoms with Crippen LogP contribution < -0.4 is 9.47 Å². The number of carbonyl (C=O) groups excluding carboxylic acids is 1. The molecule has 1 fully saturated rings. The molecule has 0 saturated heterocycles. The Kier molecular flexibility index (Phi) is 13.7. The number of aryl methyl sites for hydroxylation is 1. The maximum Gasteiger partial charge on any atom is 0.410 e. The number of hydrogen-bond donors (Lipinski definition) is 2. The number of fused-ring (bicyclic) bond motifs is 3. The van der Waals surface area contributed by atoms with Crippen LogP contribution in [0.3, 0.4) is 0 Å². The number of carbonyl (C=O) groups is 1. The second-order valence-electron chi connectivity index (χ2n) is 15.8. The van der Waals surface area contributed by atoms with Crippen LogP contribution in [0.1, 0.15) is 73.4 Å². The van der Waals surface area contributed by atoms with Crippen molar-refractivity contribution < 1.29 is 38.8 Å². The average Bonchev–Trinajstić information content (AvgIpc) is 3.25. The minimum Gasteiger partial charge on any atom is -0.487 e. The third-order valence-electron chi connectivity index (χ3n) is 12.2. The van der Waals surface area contributed by atoms with Crippen molar-refractivity contribution in [3.05, 3.63) is 126 Å². The van der Waals surface area contributed by atoms with Gasteiger partial charge in [0.05, 0.1) is 37.6 Å². The highest BCUT2D eigenvalue weighted by Crippen LogP contribution is 2.62. The lowest BCUT2D eigenvalue weighted by molar-refractivity contribution is -0.256. The molecule has 2 aliphatic carbocycles. The van der Waals surface area contributed by atoms with Gasteiger partial charge in [-0.2, -0.15) is 0 Å². The SMILES string of the molecule is C=CCO[C@@]12Oc3ccc(OCc4cccc(C)n4)cc3[C@H]3[C@H](CCCCO)[C@@H](CCCCO)C=C(C(=NOC)C[C@@H]1N(Cc1cccc4ccccc14)C(=O)OC)[C@H]32. The molecule has 0 unspecified atom stereocenters. The summed E-state index contributed by atoms with van der Waals surface area (Å²) in [6.45, 7) is 6.89. The largest absolute Gasteiger partial charge is 0.487 e. The third kappa shape index (κ3) is 8.74. The van der Waals surface area contributed by atoms with Gasteiger partial charge >= 0.3 is 6.09 Å². The molecular formula is C48H57N3O8. The smallest absolute Gasteiger partial charge is 0.410 e. The van der Waals surface area contributed by atoms with E-state index in [2.05, 4.69) is 41.9 Å². The molecule has 11 nitrogen and oxygen atoms in total. The van der Waals surface area contributed by atoms with Gasteiger partial charge in [-0.3, -0.25) is 9.88 Å². The fourth-order valence-electron chi connectivity index (χ4n) is 9.72. The predicted octanol–water partition coefficient (Wildman–Crippen LogP) is 8.65. The fraction of sp³-hybridized carbons (Fsp3) is 0.438. The number of unbranched alkanes of at least 4 members (excludes halogenated alkanes) is 2. The molecule has 1 aromatic heterocycles.